The summed E-state index contributed by atoms with van der Waals surface area (Å²) in [4.78, 5) is 28.0. The lowest BCUT2D eigenvalue weighted by molar-refractivity contribution is -0.134. The van der Waals surface area contributed by atoms with Crippen molar-refractivity contribution >= 4 is 23.4 Å². The lowest BCUT2D eigenvalue weighted by Crippen LogP contribution is -2.44. The fourth-order valence-corrected chi connectivity index (χ4v) is 3.40. The van der Waals surface area contributed by atoms with Crippen LogP contribution in [-0.4, -0.2) is 55.3 Å². The number of benzene rings is 1. The summed E-state index contributed by atoms with van der Waals surface area (Å²) in [5, 5.41) is 3.66. The highest BCUT2D eigenvalue weighted by atomic mass is 35.5. The molecule has 0 radical (unpaired) electrons. The van der Waals surface area contributed by atoms with Crippen LogP contribution in [0.5, 0.6) is 0 Å². The third-order valence-electron chi connectivity index (χ3n) is 4.49. The summed E-state index contributed by atoms with van der Waals surface area (Å²) in [5.74, 6) is 0.257. The van der Waals surface area contributed by atoms with Gasteiger partial charge in [0.15, 0.2) is 0 Å². The number of amides is 2. The van der Waals surface area contributed by atoms with Crippen molar-refractivity contribution < 1.29 is 9.59 Å². The number of nitrogens with zero attached hydrogens (tertiary/aromatic N) is 2. The second-order valence-electron chi connectivity index (χ2n) is 6.59. The number of carbonyl (C=O) groups is 2. The molecule has 1 aliphatic heterocycles. The van der Waals surface area contributed by atoms with E-state index in [-0.39, 0.29) is 23.8 Å². The Labute approximate surface area is 149 Å². The Morgan fingerprint density at radius 2 is 1.92 bits per heavy atom. The molecule has 1 aromatic carbocycles. The molecule has 6 heteroatoms. The predicted molar refractivity (Wildman–Crippen MR) is 95.9 cm³/mol. The van der Waals surface area contributed by atoms with E-state index in [1.165, 1.54) is 0 Å². The number of carbonyl (C=O) groups excluding carboxylic acids is 2. The molecule has 0 saturated carbocycles. The van der Waals surface area contributed by atoms with Crippen molar-refractivity contribution in [3.63, 3.8) is 0 Å². The van der Waals surface area contributed by atoms with Gasteiger partial charge in [0, 0.05) is 25.0 Å². The Bertz CT molecular complexity index is 583. The second-order valence-corrected chi connectivity index (χ2v) is 7.00. The van der Waals surface area contributed by atoms with Crippen LogP contribution in [0.2, 0.25) is 5.02 Å². The fraction of sp³-hybridized carbons (Fsp3) is 0.556. The molecule has 1 unspecified atom stereocenters. The minimum absolute atomic E-state index is 0.0141. The molecule has 1 fully saturated rings. The Morgan fingerprint density at radius 1 is 1.29 bits per heavy atom. The van der Waals surface area contributed by atoms with Crippen LogP contribution in [0.15, 0.2) is 24.3 Å². The minimum atomic E-state index is -0.126. The predicted octanol–water partition coefficient (Wildman–Crippen LogP) is 2.32. The van der Waals surface area contributed by atoms with Gasteiger partial charge >= 0.3 is 0 Å². The standard InChI is InChI=1S/C18H26ClN3O2/c1-13(15-6-4-5-7-16(15)19)20-17(23)12-22-10-8-14(9-11-22)18(24)21(2)3/h4-7,13-14H,8-12H2,1-3H3,(H,20,23). The number of hydrogen-bond acceptors (Lipinski definition) is 3. The van der Waals surface area contributed by atoms with Gasteiger partial charge in [-0.25, -0.2) is 0 Å². The lowest BCUT2D eigenvalue weighted by atomic mass is 9.95. The van der Waals surface area contributed by atoms with E-state index in [4.69, 9.17) is 11.6 Å². The van der Waals surface area contributed by atoms with E-state index in [9.17, 15) is 9.59 Å². The maximum absolute atomic E-state index is 12.3. The van der Waals surface area contributed by atoms with E-state index < -0.39 is 0 Å². The van der Waals surface area contributed by atoms with Crippen molar-refractivity contribution in [2.45, 2.75) is 25.8 Å². The topological polar surface area (TPSA) is 52.7 Å². The molecule has 5 nitrogen and oxygen atoms in total. The zero-order chi connectivity index (χ0) is 17.7. The molecule has 1 saturated heterocycles. The minimum Gasteiger partial charge on any atom is -0.349 e. The Kier molecular flexibility index (Phi) is 6.63. The zero-order valence-corrected chi connectivity index (χ0v) is 15.3. The van der Waals surface area contributed by atoms with Crippen molar-refractivity contribution in [2.24, 2.45) is 5.92 Å². The Balaban J connectivity index is 1.80. The normalized spacial score (nSPS) is 17.3. The molecule has 0 aromatic heterocycles. The molecular formula is C18H26ClN3O2. The molecule has 1 N–H and O–H groups in total. The van der Waals surface area contributed by atoms with Crippen LogP contribution in [0.25, 0.3) is 0 Å². The van der Waals surface area contributed by atoms with Crippen LogP contribution in [0.3, 0.4) is 0 Å². The van der Waals surface area contributed by atoms with E-state index in [1.54, 1.807) is 19.0 Å². The quantitative estimate of drug-likeness (QED) is 0.885. The van der Waals surface area contributed by atoms with Gasteiger partial charge in [0.25, 0.3) is 0 Å². The summed E-state index contributed by atoms with van der Waals surface area (Å²) in [6.45, 7) is 3.84. The molecule has 2 rings (SSSR count). The lowest BCUT2D eigenvalue weighted by Gasteiger charge is -2.32. The Hall–Kier alpha value is -1.59. The van der Waals surface area contributed by atoms with Crippen molar-refractivity contribution in [2.75, 3.05) is 33.7 Å². The molecule has 1 atom stereocenters. The fourth-order valence-electron chi connectivity index (χ4n) is 3.10. The average Bonchev–Trinajstić information content (AvgIpc) is 2.55. The van der Waals surface area contributed by atoms with Gasteiger partial charge in [0.2, 0.25) is 11.8 Å². The molecule has 2 amide bonds. The van der Waals surface area contributed by atoms with E-state index >= 15 is 0 Å². The van der Waals surface area contributed by atoms with Gasteiger partial charge in [0.05, 0.1) is 12.6 Å². The highest BCUT2D eigenvalue weighted by Crippen LogP contribution is 2.22. The van der Waals surface area contributed by atoms with Gasteiger partial charge in [-0.15, -0.1) is 0 Å². The maximum atomic E-state index is 12.3. The first-order chi connectivity index (χ1) is 11.4. The van der Waals surface area contributed by atoms with Crippen molar-refractivity contribution in [1.29, 1.82) is 0 Å². The van der Waals surface area contributed by atoms with Crippen molar-refractivity contribution in [3.05, 3.63) is 34.9 Å². The maximum Gasteiger partial charge on any atom is 0.234 e. The largest absolute Gasteiger partial charge is 0.349 e. The smallest absolute Gasteiger partial charge is 0.234 e. The molecule has 132 valence electrons. The van der Waals surface area contributed by atoms with Crippen LogP contribution in [0.1, 0.15) is 31.4 Å². The molecule has 24 heavy (non-hydrogen) atoms. The molecule has 0 bridgehead atoms. The van der Waals surface area contributed by atoms with Gasteiger partial charge in [-0.05, 0) is 44.5 Å². The third kappa shape index (κ3) is 4.95. The second kappa shape index (κ2) is 8.49. The average molecular weight is 352 g/mol. The summed E-state index contributed by atoms with van der Waals surface area (Å²) in [7, 11) is 3.58. The third-order valence-corrected chi connectivity index (χ3v) is 4.84. The molecule has 1 aliphatic rings. The van der Waals surface area contributed by atoms with Crippen LogP contribution < -0.4 is 5.32 Å². The van der Waals surface area contributed by atoms with Crippen LogP contribution in [0, 0.1) is 5.92 Å². The summed E-state index contributed by atoms with van der Waals surface area (Å²) < 4.78 is 0. The number of hydrogen-bond donors (Lipinski definition) is 1. The van der Waals surface area contributed by atoms with Gasteiger partial charge in [-0.2, -0.15) is 0 Å². The summed E-state index contributed by atoms with van der Waals surface area (Å²) >= 11 is 6.17. The number of rotatable bonds is 5. The van der Waals surface area contributed by atoms with Crippen LogP contribution in [0.4, 0.5) is 0 Å². The van der Waals surface area contributed by atoms with E-state index in [0.29, 0.717) is 11.6 Å². The zero-order valence-electron chi connectivity index (χ0n) is 14.6. The Morgan fingerprint density at radius 3 is 2.50 bits per heavy atom. The first-order valence-corrected chi connectivity index (χ1v) is 8.73. The van der Waals surface area contributed by atoms with E-state index in [2.05, 4.69) is 10.2 Å². The number of halogens is 1. The first-order valence-electron chi connectivity index (χ1n) is 8.35. The van der Waals surface area contributed by atoms with Crippen LogP contribution >= 0.6 is 11.6 Å². The monoisotopic (exact) mass is 351 g/mol. The highest BCUT2D eigenvalue weighted by molar-refractivity contribution is 6.31. The van der Waals surface area contributed by atoms with Gasteiger partial charge < -0.3 is 10.2 Å². The van der Waals surface area contributed by atoms with Crippen LogP contribution in [-0.2, 0) is 9.59 Å². The number of piperidine rings is 1. The van der Waals surface area contributed by atoms with Crippen molar-refractivity contribution in [1.82, 2.24) is 15.1 Å². The summed E-state index contributed by atoms with van der Waals surface area (Å²) in [6.07, 6.45) is 1.62. The van der Waals surface area contributed by atoms with E-state index in [1.807, 2.05) is 31.2 Å². The van der Waals surface area contributed by atoms with Gasteiger partial charge in [-0.3, -0.25) is 14.5 Å². The molecular weight excluding hydrogens is 326 g/mol. The van der Waals surface area contributed by atoms with Crippen molar-refractivity contribution in [3.8, 4) is 0 Å². The molecule has 0 spiro atoms. The number of nitrogens with one attached hydrogen (secondary N) is 1. The van der Waals surface area contributed by atoms with E-state index in [0.717, 1.165) is 31.5 Å². The molecule has 1 aromatic rings. The molecule has 0 aliphatic carbocycles. The first kappa shape index (κ1) is 18.7. The SMILES string of the molecule is CC(NC(=O)CN1CCC(C(=O)N(C)C)CC1)c1ccccc1Cl. The summed E-state index contributed by atoms with van der Waals surface area (Å²) in [5.41, 5.74) is 0.919. The van der Waals surface area contributed by atoms with Gasteiger partial charge in [0.1, 0.15) is 0 Å². The molecule has 1 heterocycles. The highest BCUT2D eigenvalue weighted by Gasteiger charge is 2.27. The summed E-state index contributed by atoms with van der Waals surface area (Å²) in [6, 6.07) is 7.41. The number of likely N-dealkylation sites (tertiary alicyclic amines) is 1. The van der Waals surface area contributed by atoms with Gasteiger partial charge in [-0.1, -0.05) is 29.8 Å².